The van der Waals surface area contributed by atoms with Crippen molar-refractivity contribution in [1.29, 1.82) is 0 Å². The topological polar surface area (TPSA) is 161 Å². The zero-order valence-electron chi connectivity index (χ0n) is 22.6. The van der Waals surface area contributed by atoms with Crippen LogP contribution in [0.4, 0.5) is 0 Å². The molecule has 1 aliphatic carbocycles. The fraction of sp³-hybridized carbons (Fsp3) is 0.444. The van der Waals surface area contributed by atoms with E-state index in [0.29, 0.717) is 36.9 Å². The molecular weight excluding hydrogens is 526 g/mol. The third-order valence-corrected chi connectivity index (χ3v) is 7.72. The van der Waals surface area contributed by atoms with Gasteiger partial charge in [0.25, 0.3) is 0 Å². The van der Waals surface area contributed by atoms with Crippen LogP contribution in [0, 0.1) is 6.92 Å². The lowest BCUT2D eigenvalue weighted by molar-refractivity contribution is -0.123. The molecule has 4 rings (SSSR count). The highest BCUT2D eigenvalue weighted by Gasteiger charge is 2.56. The molecule has 0 amide bonds. The summed E-state index contributed by atoms with van der Waals surface area (Å²) in [4.78, 5) is 44.1. The van der Waals surface area contributed by atoms with E-state index < -0.39 is 34.6 Å². The van der Waals surface area contributed by atoms with Gasteiger partial charge >= 0.3 is 0 Å². The van der Waals surface area contributed by atoms with Crippen LogP contribution in [0.2, 0.25) is 0 Å². The van der Waals surface area contributed by atoms with Gasteiger partial charge in [0.1, 0.15) is 40.0 Å². The zero-order chi connectivity index (χ0) is 28.6. The average molecular weight is 558 g/mol. The molecule has 0 spiro atoms. The lowest BCUT2D eigenvalue weighted by Crippen LogP contribution is -2.41. The number of aromatic nitrogens is 2. The number of nitrogens with one attached hydrogen (secondary N) is 1. The van der Waals surface area contributed by atoms with E-state index >= 15 is 0 Å². The number of phenols is 2. The van der Waals surface area contributed by atoms with Crippen molar-refractivity contribution in [2.45, 2.75) is 52.0 Å². The van der Waals surface area contributed by atoms with Crippen LogP contribution in [0.25, 0.3) is 0 Å². The number of hydrogen-bond acceptors (Lipinski definition) is 12. The van der Waals surface area contributed by atoms with Gasteiger partial charge in [-0.25, -0.2) is 0 Å². The number of thioether (sulfide) groups is 1. The highest BCUT2D eigenvalue weighted by atomic mass is 32.2. The minimum Gasteiger partial charge on any atom is -0.507 e. The number of ether oxygens (including phenoxy) is 2. The van der Waals surface area contributed by atoms with E-state index in [9.17, 15) is 24.6 Å². The fourth-order valence-electron chi connectivity index (χ4n) is 4.89. The van der Waals surface area contributed by atoms with Crippen LogP contribution < -0.4 is 10.1 Å². The largest absolute Gasteiger partial charge is 0.507 e. The van der Waals surface area contributed by atoms with Crippen LogP contribution in [-0.2, 0) is 26.2 Å². The number of methoxy groups -OCH3 is 1. The monoisotopic (exact) mass is 557 g/mol. The predicted octanol–water partition coefficient (Wildman–Crippen LogP) is 3.22. The molecule has 12 heteroatoms. The maximum atomic E-state index is 14.1. The lowest BCUT2D eigenvalue weighted by atomic mass is 9.70. The molecule has 2 aliphatic rings. The first kappa shape index (κ1) is 28.4. The summed E-state index contributed by atoms with van der Waals surface area (Å²) in [6.07, 6.45) is 4.19. The molecular formula is C27H31N3O8S. The summed E-state index contributed by atoms with van der Waals surface area (Å²) in [6, 6.07) is -0.475. The third-order valence-electron chi connectivity index (χ3n) is 7.07. The molecule has 0 radical (unpaired) electrons. The molecule has 39 heavy (non-hydrogen) atoms. The lowest BCUT2D eigenvalue weighted by Gasteiger charge is -2.29. The van der Waals surface area contributed by atoms with Gasteiger partial charge < -0.3 is 29.5 Å². The summed E-state index contributed by atoms with van der Waals surface area (Å²) < 4.78 is 16.4. The summed E-state index contributed by atoms with van der Waals surface area (Å²) in [7, 11) is 1.58. The number of carbonyl (C=O) groups excluding carboxylic acids is 3. The molecule has 0 saturated heterocycles. The number of Topliss-reactive ketones (excluding diaryl/α,β-unsaturated/α-hetero) is 2. The van der Waals surface area contributed by atoms with E-state index in [1.165, 1.54) is 26.8 Å². The van der Waals surface area contributed by atoms with E-state index in [0.717, 1.165) is 5.75 Å². The molecule has 2 heterocycles. The third kappa shape index (κ3) is 4.71. The van der Waals surface area contributed by atoms with Crippen LogP contribution in [0.15, 0.2) is 27.6 Å². The maximum absolute atomic E-state index is 14.1. The van der Waals surface area contributed by atoms with Gasteiger partial charge in [-0.05, 0) is 46.1 Å². The fourth-order valence-corrected chi connectivity index (χ4v) is 5.36. The van der Waals surface area contributed by atoms with E-state index in [2.05, 4.69) is 15.5 Å². The number of benzene rings is 1. The summed E-state index contributed by atoms with van der Waals surface area (Å²) in [5.41, 5.74) is -1.51. The molecule has 0 bridgehead atoms. The van der Waals surface area contributed by atoms with Crippen LogP contribution in [0.3, 0.4) is 0 Å². The molecule has 2 atom stereocenters. The van der Waals surface area contributed by atoms with E-state index in [1.807, 2.05) is 6.26 Å². The Hall–Kier alpha value is -3.64. The summed E-state index contributed by atoms with van der Waals surface area (Å²) in [5.74, 6) is -1.14. The summed E-state index contributed by atoms with van der Waals surface area (Å²) in [5, 5.41) is 28.7. The van der Waals surface area contributed by atoms with E-state index in [4.69, 9.17) is 14.0 Å². The molecule has 11 nitrogen and oxygen atoms in total. The number of phenolic OH excluding ortho intramolecular Hbond substituents is 2. The molecule has 0 fully saturated rings. The highest BCUT2D eigenvalue weighted by molar-refractivity contribution is 7.98. The van der Waals surface area contributed by atoms with Crippen LogP contribution in [0.5, 0.6) is 17.2 Å². The van der Waals surface area contributed by atoms with Crippen LogP contribution in [0.1, 0.15) is 66.4 Å². The number of nitrogens with zero attached hydrogens (tertiary/aromatic N) is 2. The van der Waals surface area contributed by atoms with E-state index in [1.54, 1.807) is 25.8 Å². The summed E-state index contributed by atoms with van der Waals surface area (Å²) in [6.45, 7) is 6.25. The zero-order valence-corrected chi connectivity index (χ0v) is 23.4. The first-order chi connectivity index (χ1) is 18.5. The molecule has 1 aliphatic heterocycles. The van der Waals surface area contributed by atoms with E-state index in [-0.39, 0.29) is 39.5 Å². The highest BCUT2D eigenvalue weighted by Crippen LogP contribution is 2.57. The van der Waals surface area contributed by atoms with Gasteiger partial charge in [0, 0.05) is 30.9 Å². The van der Waals surface area contributed by atoms with Gasteiger partial charge in [0.05, 0.1) is 17.7 Å². The Labute approximate surface area is 229 Å². The molecule has 208 valence electrons. The minimum atomic E-state index is -1.60. The molecule has 0 saturated carbocycles. The number of fused-ring (bicyclic) bond motifs is 3. The van der Waals surface area contributed by atoms with Crippen molar-refractivity contribution in [3.63, 3.8) is 0 Å². The number of aromatic hydroxyl groups is 2. The minimum absolute atomic E-state index is 0.0227. The second kappa shape index (κ2) is 10.9. The Bertz CT molecular complexity index is 1430. The van der Waals surface area contributed by atoms with Gasteiger partial charge in [-0.1, -0.05) is 5.16 Å². The van der Waals surface area contributed by atoms with Gasteiger partial charge in [0.15, 0.2) is 23.2 Å². The first-order valence-corrected chi connectivity index (χ1v) is 13.7. The number of allylic oxidation sites excluding steroid dienone is 4. The Kier molecular flexibility index (Phi) is 7.89. The predicted molar refractivity (Wildman–Crippen MR) is 142 cm³/mol. The maximum Gasteiger partial charge on any atom is 0.249 e. The van der Waals surface area contributed by atoms with Gasteiger partial charge in [-0.15, -0.1) is 0 Å². The van der Waals surface area contributed by atoms with Crippen molar-refractivity contribution in [2.24, 2.45) is 0 Å². The smallest absolute Gasteiger partial charge is 0.249 e. The molecule has 2 aromatic rings. The molecule has 1 aromatic carbocycles. The Balaban J connectivity index is 1.77. The van der Waals surface area contributed by atoms with Crippen molar-refractivity contribution >= 4 is 29.1 Å². The number of carbonyl (C=O) groups is 3. The normalized spacial score (nSPS) is 20.2. The van der Waals surface area contributed by atoms with Crippen molar-refractivity contribution in [3.8, 4) is 17.2 Å². The van der Waals surface area contributed by atoms with Crippen molar-refractivity contribution in [1.82, 2.24) is 15.5 Å². The molecule has 1 aromatic heterocycles. The van der Waals surface area contributed by atoms with Gasteiger partial charge in [0.2, 0.25) is 5.89 Å². The SMILES string of the molecule is COCCc1noc(C(CCSC)N/C(C)=C2\C(=O)C=C3Oc4c(C(C)=O)c(O)c(C)c(O)c4[C@@]3(C)C2=O)n1. The summed E-state index contributed by atoms with van der Waals surface area (Å²) >= 11 is 1.62. The van der Waals surface area contributed by atoms with Gasteiger partial charge in [-0.3, -0.25) is 14.4 Å². The Morgan fingerprint density at radius 2 is 1.97 bits per heavy atom. The standard InChI is InChI=1S/C27H31N3O8S/c1-12-22(33)20(14(3)31)24-21(23(12)34)27(4)17(37-24)11-16(32)19(25(27)35)13(2)28-15(8-10-39-6)26-29-18(30-38-26)7-9-36-5/h11,15,28,33-34H,7-10H2,1-6H3/b19-13+/t15?,27-/m0/s1. The molecule has 1 unspecified atom stereocenters. The van der Waals surface area contributed by atoms with Crippen molar-refractivity contribution in [2.75, 3.05) is 25.7 Å². The second-order valence-corrected chi connectivity index (χ2v) is 10.6. The number of hydrogen-bond donors (Lipinski definition) is 3. The van der Waals surface area contributed by atoms with Gasteiger partial charge in [-0.2, -0.15) is 16.7 Å². The first-order valence-electron chi connectivity index (χ1n) is 12.3. The second-order valence-electron chi connectivity index (χ2n) is 9.66. The quantitative estimate of drug-likeness (QED) is 0.223. The number of rotatable bonds is 10. The van der Waals surface area contributed by atoms with Crippen LogP contribution >= 0.6 is 11.8 Å². The number of ketones is 3. The van der Waals surface area contributed by atoms with Crippen molar-refractivity contribution in [3.05, 3.63) is 51.5 Å². The van der Waals surface area contributed by atoms with Crippen LogP contribution in [-0.4, -0.2) is 63.4 Å². The average Bonchev–Trinajstić information content (AvgIpc) is 3.47. The Morgan fingerprint density at radius 1 is 1.26 bits per heavy atom. The van der Waals surface area contributed by atoms with Crippen molar-refractivity contribution < 1.29 is 38.6 Å². The molecule has 3 N–H and O–H groups in total. The Morgan fingerprint density at radius 3 is 2.62 bits per heavy atom.